The molecule has 2 amide bonds. The summed E-state index contributed by atoms with van der Waals surface area (Å²) in [6, 6.07) is 15.6. The molecule has 0 aliphatic carbocycles. The monoisotopic (exact) mass is 748 g/mol. The van der Waals surface area contributed by atoms with Crippen LogP contribution in [0.4, 0.5) is 26.2 Å². The number of carbonyl (C=O) groups excluding carboxylic acids is 2. The van der Waals surface area contributed by atoms with Gasteiger partial charge in [-0.1, -0.05) is 24.3 Å². The Balaban J connectivity index is 0.847. The Morgan fingerprint density at radius 1 is 0.891 bits per heavy atom. The molecule has 0 bridgehead atoms. The summed E-state index contributed by atoms with van der Waals surface area (Å²) in [5.41, 5.74) is 4.36. The van der Waals surface area contributed by atoms with Crippen molar-refractivity contribution in [3.8, 4) is 11.3 Å². The van der Waals surface area contributed by atoms with Gasteiger partial charge in [-0.2, -0.15) is 0 Å². The number of fused-ring (bicyclic) bond motifs is 1. The lowest BCUT2D eigenvalue weighted by Crippen LogP contribution is -2.53. The first-order chi connectivity index (χ1) is 26.6. The van der Waals surface area contributed by atoms with Crippen LogP contribution in [-0.4, -0.2) is 91.4 Å². The predicted octanol–water partition coefficient (Wildman–Crippen LogP) is 6.11. The van der Waals surface area contributed by atoms with E-state index in [0.717, 1.165) is 76.1 Å². The fraction of sp³-hybridized carbons (Fsp3) is 0.415. The Kier molecular flexibility index (Phi) is 10.3. The summed E-state index contributed by atoms with van der Waals surface area (Å²) in [5, 5.41) is 5.59. The van der Waals surface area contributed by atoms with E-state index in [1.54, 1.807) is 6.07 Å². The number of rotatable bonds is 9. The Bertz CT molecular complexity index is 2210. The van der Waals surface area contributed by atoms with Gasteiger partial charge < -0.3 is 14.8 Å². The van der Waals surface area contributed by atoms with Crippen molar-refractivity contribution in [2.75, 3.05) is 49.5 Å². The maximum atomic E-state index is 15.1. The van der Waals surface area contributed by atoms with Crippen molar-refractivity contribution >= 4 is 40.3 Å². The van der Waals surface area contributed by atoms with Crippen LogP contribution < -0.4 is 15.5 Å². The molecule has 55 heavy (non-hydrogen) atoms. The number of hydrogen-bond donors (Lipinski definition) is 2. The van der Waals surface area contributed by atoms with Crippen molar-refractivity contribution < 1.29 is 18.4 Å². The lowest BCUT2D eigenvalue weighted by atomic mass is 9.87. The summed E-state index contributed by atoms with van der Waals surface area (Å²) in [4.78, 5) is 49.3. The number of amides is 2. The third-order valence-corrected chi connectivity index (χ3v) is 11.3. The van der Waals surface area contributed by atoms with Gasteiger partial charge in [0.25, 0.3) is 0 Å². The Morgan fingerprint density at radius 2 is 1.67 bits per heavy atom. The summed E-state index contributed by atoms with van der Waals surface area (Å²) >= 11 is 0. The Hall–Kier alpha value is -5.34. The van der Waals surface area contributed by atoms with Gasteiger partial charge in [-0.15, -0.1) is 0 Å². The molecule has 0 spiro atoms. The van der Waals surface area contributed by atoms with Crippen molar-refractivity contribution in [1.29, 1.82) is 0 Å². The van der Waals surface area contributed by atoms with E-state index in [1.165, 1.54) is 11.6 Å². The topological polar surface area (TPSA) is 124 Å². The van der Waals surface area contributed by atoms with Crippen LogP contribution in [0, 0.1) is 18.6 Å². The average molecular weight is 749 g/mol. The van der Waals surface area contributed by atoms with E-state index < -0.39 is 11.6 Å². The first-order valence-electron chi connectivity index (χ1n) is 19.2. The van der Waals surface area contributed by atoms with Crippen LogP contribution in [0.1, 0.15) is 68.4 Å². The molecule has 3 saturated heterocycles. The summed E-state index contributed by atoms with van der Waals surface area (Å²) in [6.07, 6.45) is 5.98. The van der Waals surface area contributed by atoms with Gasteiger partial charge in [0.2, 0.25) is 17.8 Å². The molecule has 3 aromatic heterocycles. The number of imide groups is 1. The summed E-state index contributed by atoms with van der Waals surface area (Å²) < 4.78 is 32.1. The second kappa shape index (κ2) is 15.4. The van der Waals surface area contributed by atoms with Crippen LogP contribution >= 0.6 is 0 Å². The number of piperidine rings is 2. The number of benzene rings is 2. The van der Waals surface area contributed by atoms with Crippen molar-refractivity contribution in [1.82, 2.24) is 39.6 Å². The molecule has 6 heterocycles. The SMILES string of the molecule is Cc1nc2c(F)cc(-c3nc(Nc4ccc(N5CCC(N6CCN(Cc7ccccc7C7CCC(=O)NC7=O)CC6)CC5)cn4)ncc3F)cc2n1C(C)C. The molecule has 12 nitrogen and oxygen atoms in total. The number of aromatic nitrogens is 5. The molecule has 2 aromatic carbocycles. The molecule has 1 unspecified atom stereocenters. The predicted molar refractivity (Wildman–Crippen MR) is 207 cm³/mol. The van der Waals surface area contributed by atoms with E-state index in [0.29, 0.717) is 41.6 Å². The highest BCUT2D eigenvalue weighted by Gasteiger charge is 2.31. The zero-order chi connectivity index (χ0) is 38.2. The molecule has 0 radical (unpaired) electrons. The minimum Gasteiger partial charge on any atom is -0.370 e. The molecule has 0 saturated carbocycles. The molecule has 14 heteroatoms. The summed E-state index contributed by atoms with van der Waals surface area (Å²) in [5.74, 6) is -0.474. The maximum absolute atomic E-state index is 15.1. The van der Waals surface area contributed by atoms with Crippen LogP contribution in [0.15, 0.2) is 60.9 Å². The van der Waals surface area contributed by atoms with E-state index in [4.69, 9.17) is 0 Å². The third-order valence-electron chi connectivity index (χ3n) is 11.3. The second-order valence-corrected chi connectivity index (χ2v) is 15.1. The highest BCUT2D eigenvalue weighted by Crippen LogP contribution is 2.32. The quantitative estimate of drug-likeness (QED) is 0.171. The van der Waals surface area contributed by atoms with Crippen molar-refractivity contribution in [3.63, 3.8) is 0 Å². The number of nitrogens with one attached hydrogen (secondary N) is 2. The van der Waals surface area contributed by atoms with Gasteiger partial charge in [0.05, 0.1) is 29.5 Å². The van der Waals surface area contributed by atoms with E-state index in [9.17, 15) is 9.59 Å². The zero-order valence-corrected chi connectivity index (χ0v) is 31.4. The molecular formula is C41H46F2N10O2. The first-order valence-corrected chi connectivity index (χ1v) is 19.2. The van der Waals surface area contributed by atoms with Crippen LogP contribution in [0.3, 0.4) is 0 Å². The first kappa shape index (κ1) is 36.6. The fourth-order valence-corrected chi connectivity index (χ4v) is 8.47. The van der Waals surface area contributed by atoms with Gasteiger partial charge in [-0.05, 0) is 75.4 Å². The Morgan fingerprint density at radius 3 is 2.40 bits per heavy atom. The molecule has 286 valence electrons. The second-order valence-electron chi connectivity index (χ2n) is 15.1. The van der Waals surface area contributed by atoms with Crippen LogP contribution in [0.25, 0.3) is 22.3 Å². The number of anilines is 3. The lowest BCUT2D eigenvalue weighted by Gasteiger charge is -2.43. The molecule has 3 fully saturated rings. The summed E-state index contributed by atoms with van der Waals surface area (Å²) in [7, 11) is 0. The molecule has 8 rings (SSSR count). The van der Waals surface area contributed by atoms with Gasteiger partial charge in [-0.3, -0.25) is 24.7 Å². The van der Waals surface area contributed by atoms with E-state index in [-0.39, 0.29) is 40.9 Å². The van der Waals surface area contributed by atoms with Gasteiger partial charge >= 0.3 is 0 Å². The molecule has 3 aliphatic rings. The van der Waals surface area contributed by atoms with Crippen LogP contribution in [0.5, 0.6) is 0 Å². The minimum atomic E-state index is -0.655. The zero-order valence-electron chi connectivity index (χ0n) is 31.4. The minimum absolute atomic E-state index is 0.0107. The number of pyridine rings is 1. The van der Waals surface area contributed by atoms with E-state index in [1.807, 2.05) is 61.9 Å². The smallest absolute Gasteiger partial charge is 0.234 e. The highest BCUT2D eigenvalue weighted by atomic mass is 19.1. The standard InChI is InChI=1S/C41H46F2N10O2/c1-25(2)53-26(3)46-39-33(42)20-28(21-35(39)53)38-34(43)23-45-41(49-38)47-36-10-8-30(22-44-36)51-14-12-29(13-15-51)52-18-16-50(17-19-52)24-27-6-4-5-7-31(27)32-9-11-37(54)48-40(32)55/h4-8,10,20-23,25,29,32H,9,11-19,24H2,1-3H3,(H,48,54,55)(H,44,45,47,49). The van der Waals surface area contributed by atoms with Gasteiger partial charge in [0.1, 0.15) is 22.9 Å². The van der Waals surface area contributed by atoms with Gasteiger partial charge in [0, 0.05) is 69.9 Å². The molecule has 1 atom stereocenters. The summed E-state index contributed by atoms with van der Waals surface area (Å²) in [6.45, 7) is 12.4. The Labute approximate surface area is 319 Å². The number of piperazine rings is 1. The lowest BCUT2D eigenvalue weighted by molar-refractivity contribution is -0.134. The normalized spacial score (nSPS) is 19.0. The fourth-order valence-electron chi connectivity index (χ4n) is 8.47. The number of nitrogens with zero attached hydrogens (tertiary/aromatic N) is 8. The number of imidazole rings is 1. The number of halogens is 2. The number of aryl methyl sites for hydroxylation is 1. The van der Waals surface area contributed by atoms with Crippen molar-refractivity contribution in [2.24, 2.45) is 0 Å². The third kappa shape index (κ3) is 7.65. The molecule has 3 aliphatic heterocycles. The molecule has 5 aromatic rings. The van der Waals surface area contributed by atoms with E-state index in [2.05, 4.69) is 51.3 Å². The van der Waals surface area contributed by atoms with Crippen LogP contribution in [-0.2, 0) is 16.1 Å². The van der Waals surface area contributed by atoms with E-state index >= 15 is 8.78 Å². The maximum Gasteiger partial charge on any atom is 0.234 e. The van der Waals surface area contributed by atoms with Gasteiger partial charge in [0.15, 0.2) is 11.6 Å². The van der Waals surface area contributed by atoms with Gasteiger partial charge in [-0.25, -0.2) is 28.7 Å². The average Bonchev–Trinajstić information content (AvgIpc) is 3.53. The number of hydrogen-bond acceptors (Lipinski definition) is 10. The largest absolute Gasteiger partial charge is 0.370 e. The number of carbonyl (C=O) groups is 2. The highest BCUT2D eigenvalue weighted by molar-refractivity contribution is 6.01. The van der Waals surface area contributed by atoms with Crippen molar-refractivity contribution in [3.05, 3.63) is 89.5 Å². The molecular weight excluding hydrogens is 703 g/mol. The van der Waals surface area contributed by atoms with Crippen molar-refractivity contribution in [2.45, 2.75) is 71.0 Å². The van der Waals surface area contributed by atoms with Crippen LogP contribution in [0.2, 0.25) is 0 Å². The molecule has 2 N–H and O–H groups in total.